The Morgan fingerprint density at radius 2 is 2.11 bits per heavy atom. The third-order valence-corrected chi connectivity index (χ3v) is 3.45. The number of hydrogen-bond acceptors (Lipinski definition) is 2. The Morgan fingerprint density at radius 3 is 2.83 bits per heavy atom. The van der Waals surface area contributed by atoms with Crippen molar-refractivity contribution < 1.29 is 9.84 Å². The summed E-state index contributed by atoms with van der Waals surface area (Å²) in [6, 6.07) is 10.1. The molecule has 0 aromatic heterocycles. The monoisotopic (exact) mass is 246 g/mol. The van der Waals surface area contributed by atoms with Crippen LogP contribution in [0, 0.1) is 0 Å². The highest BCUT2D eigenvalue weighted by Gasteiger charge is 2.26. The van der Waals surface area contributed by atoms with Gasteiger partial charge in [0.05, 0.1) is 18.3 Å². The Morgan fingerprint density at radius 1 is 1.33 bits per heavy atom. The van der Waals surface area contributed by atoms with E-state index in [1.54, 1.807) is 0 Å². The predicted octanol–water partition coefficient (Wildman–Crippen LogP) is 3.10. The molecule has 98 valence electrons. The number of hydrogen-bond donors (Lipinski definition) is 1. The second-order valence-corrected chi connectivity index (χ2v) is 4.93. The summed E-state index contributed by atoms with van der Waals surface area (Å²) in [5.41, 5.74) is 1.17. The average Bonchev–Trinajstić information content (AvgIpc) is 2.40. The van der Waals surface area contributed by atoms with Crippen LogP contribution in [0.4, 0.5) is 0 Å². The van der Waals surface area contributed by atoms with Crippen LogP contribution in [-0.4, -0.2) is 23.4 Å². The molecule has 0 amide bonds. The molecule has 2 nitrogen and oxygen atoms in total. The van der Waals surface area contributed by atoms with E-state index < -0.39 is 6.10 Å². The van der Waals surface area contributed by atoms with Gasteiger partial charge < -0.3 is 9.84 Å². The Kier molecular flexibility index (Phi) is 4.97. The molecule has 1 aliphatic heterocycles. The fourth-order valence-corrected chi connectivity index (χ4v) is 2.51. The first-order valence-corrected chi connectivity index (χ1v) is 6.80. The van der Waals surface area contributed by atoms with Gasteiger partial charge in [-0.2, -0.15) is 0 Å². The van der Waals surface area contributed by atoms with Crippen LogP contribution < -0.4 is 0 Å². The predicted molar refractivity (Wildman–Crippen MR) is 73.5 cm³/mol. The van der Waals surface area contributed by atoms with Gasteiger partial charge in [-0.15, -0.1) is 0 Å². The highest BCUT2D eigenvalue weighted by molar-refractivity contribution is 5.15. The molecule has 0 unspecified atom stereocenters. The lowest BCUT2D eigenvalue weighted by Crippen LogP contribution is -2.37. The highest BCUT2D eigenvalue weighted by atomic mass is 16.5. The van der Waals surface area contributed by atoms with Gasteiger partial charge in [0, 0.05) is 6.42 Å². The van der Waals surface area contributed by atoms with Gasteiger partial charge in [-0.1, -0.05) is 42.5 Å². The zero-order chi connectivity index (χ0) is 12.8. The maximum Gasteiger partial charge on any atom is 0.0845 e. The number of ether oxygens (including phenoxy) is 1. The SMILES string of the molecule is C/C=C/[C@H]1CCC[C@@H]([C@H](O)Cc2ccccc2)O1. The van der Waals surface area contributed by atoms with E-state index in [0.717, 1.165) is 19.3 Å². The number of rotatable bonds is 4. The Hall–Kier alpha value is -1.12. The first-order chi connectivity index (χ1) is 8.79. The Bertz CT molecular complexity index is 372. The molecule has 3 atom stereocenters. The van der Waals surface area contributed by atoms with Crippen molar-refractivity contribution in [1.82, 2.24) is 0 Å². The minimum absolute atomic E-state index is 0.0276. The molecule has 0 bridgehead atoms. The standard InChI is InChI=1S/C16H22O2/c1-2-7-14-10-6-11-16(18-14)15(17)12-13-8-4-3-5-9-13/h2-5,7-9,14-17H,6,10-12H2,1H3/b7-2+/t14-,15+,16-/m0/s1. The molecule has 2 heteroatoms. The summed E-state index contributed by atoms with van der Waals surface area (Å²) in [5, 5.41) is 10.3. The average molecular weight is 246 g/mol. The lowest BCUT2D eigenvalue weighted by atomic mass is 9.96. The number of benzene rings is 1. The van der Waals surface area contributed by atoms with Crippen molar-refractivity contribution in [3.63, 3.8) is 0 Å². The minimum Gasteiger partial charge on any atom is -0.390 e. The van der Waals surface area contributed by atoms with Gasteiger partial charge in [0.15, 0.2) is 0 Å². The molecule has 0 saturated carbocycles. The molecule has 2 rings (SSSR count). The third kappa shape index (κ3) is 3.69. The van der Waals surface area contributed by atoms with E-state index in [1.807, 2.05) is 31.2 Å². The fraction of sp³-hybridized carbons (Fsp3) is 0.500. The molecule has 18 heavy (non-hydrogen) atoms. The van der Waals surface area contributed by atoms with Crippen LogP contribution >= 0.6 is 0 Å². The van der Waals surface area contributed by atoms with Gasteiger partial charge in [-0.3, -0.25) is 0 Å². The minimum atomic E-state index is -0.402. The first kappa shape index (κ1) is 13.3. The van der Waals surface area contributed by atoms with Crippen LogP contribution in [0.3, 0.4) is 0 Å². The Balaban J connectivity index is 1.90. The molecule has 0 radical (unpaired) electrons. The molecular weight excluding hydrogens is 224 g/mol. The summed E-state index contributed by atoms with van der Waals surface area (Å²) in [4.78, 5) is 0. The molecular formula is C16H22O2. The van der Waals surface area contributed by atoms with Crippen molar-refractivity contribution in [3.8, 4) is 0 Å². The summed E-state index contributed by atoms with van der Waals surface area (Å²) >= 11 is 0. The quantitative estimate of drug-likeness (QED) is 0.827. The summed E-state index contributed by atoms with van der Waals surface area (Å²) in [6.45, 7) is 2.01. The molecule has 1 aromatic rings. The normalized spacial score (nSPS) is 26.3. The summed E-state index contributed by atoms with van der Waals surface area (Å²) in [6.07, 6.45) is 7.69. The van der Waals surface area contributed by atoms with Crippen LogP contribution in [-0.2, 0) is 11.2 Å². The lowest BCUT2D eigenvalue weighted by molar-refractivity contribution is -0.0879. The maximum atomic E-state index is 10.3. The van der Waals surface area contributed by atoms with Gasteiger partial charge >= 0.3 is 0 Å². The summed E-state index contributed by atoms with van der Waals surface area (Å²) in [7, 11) is 0. The molecule has 1 fully saturated rings. The largest absolute Gasteiger partial charge is 0.390 e. The van der Waals surface area contributed by atoms with Crippen LogP contribution in [0.5, 0.6) is 0 Å². The van der Waals surface area contributed by atoms with Gasteiger partial charge in [-0.05, 0) is 31.7 Å². The molecule has 1 aromatic carbocycles. The fourth-order valence-electron chi connectivity index (χ4n) is 2.51. The maximum absolute atomic E-state index is 10.3. The van der Waals surface area contributed by atoms with E-state index >= 15 is 0 Å². The van der Waals surface area contributed by atoms with Gasteiger partial charge in [0.25, 0.3) is 0 Å². The summed E-state index contributed by atoms with van der Waals surface area (Å²) in [5.74, 6) is 0. The van der Waals surface area contributed by atoms with Crippen molar-refractivity contribution in [3.05, 3.63) is 48.0 Å². The second kappa shape index (κ2) is 6.72. The number of allylic oxidation sites excluding steroid dienone is 1. The van der Waals surface area contributed by atoms with E-state index in [2.05, 4.69) is 18.2 Å². The number of aliphatic hydroxyl groups excluding tert-OH is 1. The van der Waals surface area contributed by atoms with E-state index in [-0.39, 0.29) is 12.2 Å². The van der Waals surface area contributed by atoms with Gasteiger partial charge in [-0.25, -0.2) is 0 Å². The molecule has 1 heterocycles. The van der Waals surface area contributed by atoms with E-state index in [1.165, 1.54) is 5.56 Å². The second-order valence-electron chi connectivity index (χ2n) is 4.93. The van der Waals surface area contributed by atoms with Crippen molar-refractivity contribution in [2.75, 3.05) is 0 Å². The van der Waals surface area contributed by atoms with Crippen molar-refractivity contribution in [2.24, 2.45) is 0 Å². The molecule has 0 spiro atoms. The topological polar surface area (TPSA) is 29.5 Å². The Labute approximate surface area is 109 Å². The zero-order valence-electron chi connectivity index (χ0n) is 11.0. The molecule has 1 N–H and O–H groups in total. The van der Waals surface area contributed by atoms with Crippen molar-refractivity contribution >= 4 is 0 Å². The van der Waals surface area contributed by atoms with Crippen molar-refractivity contribution in [2.45, 2.75) is 50.9 Å². The van der Waals surface area contributed by atoms with E-state index in [0.29, 0.717) is 6.42 Å². The van der Waals surface area contributed by atoms with Gasteiger partial charge in [0.1, 0.15) is 0 Å². The zero-order valence-corrected chi connectivity index (χ0v) is 11.0. The van der Waals surface area contributed by atoms with Crippen LogP contribution in [0.15, 0.2) is 42.5 Å². The summed E-state index contributed by atoms with van der Waals surface area (Å²) < 4.78 is 5.92. The van der Waals surface area contributed by atoms with Crippen LogP contribution in [0.25, 0.3) is 0 Å². The first-order valence-electron chi connectivity index (χ1n) is 6.80. The highest BCUT2D eigenvalue weighted by Crippen LogP contribution is 2.23. The third-order valence-electron chi connectivity index (χ3n) is 3.45. The van der Waals surface area contributed by atoms with Crippen molar-refractivity contribution in [1.29, 1.82) is 0 Å². The van der Waals surface area contributed by atoms with Crippen LogP contribution in [0.2, 0.25) is 0 Å². The van der Waals surface area contributed by atoms with E-state index in [4.69, 9.17) is 4.74 Å². The molecule has 1 aliphatic rings. The molecule has 1 saturated heterocycles. The van der Waals surface area contributed by atoms with E-state index in [9.17, 15) is 5.11 Å². The number of aliphatic hydroxyl groups is 1. The molecule has 0 aliphatic carbocycles. The smallest absolute Gasteiger partial charge is 0.0845 e. The lowest BCUT2D eigenvalue weighted by Gasteiger charge is -2.31. The van der Waals surface area contributed by atoms with Crippen LogP contribution in [0.1, 0.15) is 31.7 Å². The van der Waals surface area contributed by atoms with Gasteiger partial charge in [0.2, 0.25) is 0 Å².